The molecule has 0 saturated heterocycles. The van der Waals surface area contributed by atoms with E-state index in [9.17, 15) is 4.79 Å². The molecule has 0 aromatic heterocycles. The van der Waals surface area contributed by atoms with Crippen LogP contribution in [0.25, 0.3) is 0 Å². The Hall–Kier alpha value is -1.71. The maximum atomic E-state index is 11.1. The summed E-state index contributed by atoms with van der Waals surface area (Å²) in [6, 6.07) is 5.95. The van der Waals surface area contributed by atoms with Crippen LogP contribution in [0.3, 0.4) is 0 Å². The summed E-state index contributed by atoms with van der Waals surface area (Å²) in [4.78, 5) is 11.1. The molecule has 0 saturated carbocycles. The van der Waals surface area contributed by atoms with Crippen molar-refractivity contribution in [3.8, 4) is 0 Å². The third-order valence-electron chi connectivity index (χ3n) is 2.64. The lowest BCUT2D eigenvalue weighted by Crippen LogP contribution is -2.07. The van der Waals surface area contributed by atoms with E-state index in [-0.39, 0.29) is 5.97 Å². The second-order valence-corrected chi connectivity index (χ2v) is 4.28. The number of hydrogen-bond acceptors (Lipinski definition) is 4. The van der Waals surface area contributed by atoms with Crippen molar-refractivity contribution in [3.63, 3.8) is 0 Å². The normalized spacial score (nSPS) is 10.1. The van der Waals surface area contributed by atoms with Gasteiger partial charge in [-0.05, 0) is 44.4 Å². The molecular weight excluding hydrogens is 228 g/mol. The number of rotatable bonds is 7. The number of nitrogens with two attached hydrogens (primary N) is 1. The van der Waals surface area contributed by atoms with Crippen molar-refractivity contribution in [2.24, 2.45) is 0 Å². The number of carbonyl (C=O) groups is 1. The highest BCUT2D eigenvalue weighted by Gasteiger charge is 2.01. The Morgan fingerprint density at radius 3 is 2.83 bits per heavy atom. The number of unbranched alkanes of at least 4 members (excludes halogenated alkanes) is 1. The largest absolute Gasteiger partial charge is 0.466 e. The Morgan fingerprint density at radius 1 is 1.39 bits per heavy atom. The van der Waals surface area contributed by atoms with Gasteiger partial charge in [-0.1, -0.05) is 6.07 Å². The first kappa shape index (κ1) is 14.4. The van der Waals surface area contributed by atoms with Gasteiger partial charge < -0.3 is 15.8 Å². The Morgan fingerprint density at radius 2 is 2.17 bits per heavy atom. The van der Waals surface area contributed by atoms with E-state index < -0.39 is 0 Å². The van der Waals surface area contributed by atoms with E-state index in [1.165, 1.54) is 0 Å². The lowest BCUT2D eigenvalue weighted by atomic mass is 10.2. The number of nitrogen functional groups attached to an aromatic ring is 1. The molecule has 18 heavy (non-hydrogen) atoms. The number of benzene rings is 1. The molecular formula is C14H22N2O2. The van der Waals surface area contributed by atoms with Crippen LogP contribution >= 0.6 is 0 Å². The van der Waals surface area contributed by atoms with E-state index in [1.807, 2.05) is 32.0 Å². The van der Waals surface area contributed by atoms with Gasteiger partial charge in [0.25, 0.3) is 0 Å². The predicted molar refractivity (Wildman–Crippen MR) is 74.6 cm³/mol. The van der Waals surface area contributed by atoms with Gasteiger partial charge >= 0.3 is 5.97 Å². The minimum absolute atomic E-state index is 0.118. The summed E-state index contributed by atoms with van der Waals surface area (Å²) in [6.07, 6.45) is 2.24. The molecule has 0 heterocycles. The fraction of sp³-hybridized carbons (Fsp3) is 0.500. The number of anilines is 2. The van der Waals surface area contributed by atoms with E-state index in [1.54, 1.807) is 0 Å². The SMILES string of the molecule is CCOC(=O)CCCCNc1ccc(C)cc1N. The summed E-state index contributed by atoms with van der Waals surface area (Å²) in [5, 5.41) is 3.27. The maximum absolute atomic E-state index is 11.1. The van der Waals surface area contributed by atoms with Crippen LogP contribution in [0.15, 0.2) is 18.2 Å². The van der Waals surface area contributed by atoms with Crippen molar-refractivity contribution in [2.75, 3.05) is 24.2 Å². The average Bonchev–Trinajstić information content (AvgIpc) is 2.31. The Balaban J connectivity index is 2.20. The molecule has 1 aromatic rings. The topological polar surface area (TPSA) is 64.3 Å². The van der Waals surface area contributed by atoms with Gasteiger partial charge in [0, 0.05) is 13.0 Å². The summed E-state index contributed by atoms with van der Waals surface area (Å²) < 4.78 is 4.86. The van der Waals surface area contributed by atoms with Crippen LogP contribution in [0.2, 0.25) is 0 Å². The minimum atomic E-state index is -0.118. The zero-order valence-electron chi connectivity index (χ0n) is 11.2. The van der Waals surface area contributed by atoms with Crippen molar-refractivity contribution in [3.05, 3.63) is 23.8 Å². The van der Waals surface area contributed by atoms with Gasteiger partial charge in [0.05, 0.1) is 18.0 Å². The van der Waals surface area contributed by atoms with E-state index in [4.69, 9.17) is 10.5 Å². The van der Waals surface area contributed by atoms with Crippen molar-refractivity contribution >= 4 is 17.3 Å². The molecule has 0 radical (unpaired) electrons. The van der Waals surface area contributed by atoms with Crippen molar-refractivity contribution in [1.29, 1.82) is 0 Å². The second kappa shape index (κ2) is 7.58. The molecule has 0 aliphatic heterocycles. The van der Waals surface area contributed by atoms with Crippen molar-refractivity contribution < 1.29 is 9.53 Å². The molecule has 0 spiro atoms. The van der Waals surface area contributed by atoms with E-state index >= 15 is 0 Å². The highest BCUT2D eigenvalue weighted by Crippen LogP contribution is 2.19. The van der Waals surface area contributed by atoms with E-state index in [0.29, 0.717) is 13.0 Å². The number of carbonyl (C=O) groups excluding carboxylic acids is 1. The van der Waals surface area contributed by atoms with Crippen LogP contribution in [0, 0.1) is 6.92 Å². The highest BCUT2D eigenvalue weighted by molar-refractivity contribution is 5.69. The molecule has 0 aliphatic carbocycles. The van der Waals surface area contributed by atoms with E-state index in [0.717, 1.165) is 36.3 Å². The lowest BCUT2D eigenvalue weighted by Gasteiger charge is -2.09. The lowest BCUT2D eigenvalue weighted by molar-refractivity contribution is -0.143. The van der Waals surface area contributed by atoms with Crippen LogP contribution in [0.4, 0.5) is 11.4 Å². The third kappa shape index (κ3) is 5.08. The minimum Gasteiger partial charge on any atom is -0.466 e. The molecule has 0 aliphatic rings. The van der Waals surface area contributed by atoms with E-state index in [2.05, 4.69) is 5.32 Å². The zero-order valence-corrected chi connectivity index (χ0v) is 11.2. The van der Waals surface area contributed by atoms with Crippen LogP contribution in [0.1, 0.15) is 31.7 Å². The van der Waals surface area contributed by atoms with Gasteiger partial charge in [-0.15, -0.1) is 0 Å². The molecule has 0 amide bonds. The zero-order chi connectivity index (χ0) is 13.4. The van der Waals surface area contributed by atoms with Crippen LogP contribution in [-0.2, 0) is 9.53 Å². The number of hydrogen-bond donors (Lipinski definition) is 2. The van der Waals surface area contributed by atoms with Gasteiger partial charge in [-0.2, -0.15) is 0 Å². The fourth-order valence-electron chi connectivity index (χ4n) is 1.69. The molecule has 1 rings (SSSR count). The number of ether oxygens (including phenoxy) is 1. The van der Waals surface area contributed by atoms with Gasteiger partial charge in [0.1, 0.15) is 0 Å². The number of aryl methyl sites for hydroxylation is 1. The van der Waals surface area contributed by atoms with Crippen LogP contribution in [0.5, 0.6) is 0 Å². The Bertz CT molecular complexity index is 391. The molecule has 4 nitrogen and oxygen atoms in total. The van der Waals surface area contributed by atoms with Crippen molar-refractivity contribution in [2.45, 2.75) is 33.1 Å². The number of nitrogens with one attached hydrogen (secondary N) is 1. The van der Waals surface area contributed by atoms with Crippen molar-refractivity contribution in [1.82, 2.24) is 0 Å². The Kier molecular flexibility index (Phi) is 6.05. The quantitative estimate of drug-likeness (QED) is 0.443. The standard InChI is InChI=1S/C14H22N2O2/c1-3-18-14(17)6-4-5-9-16-13-8-7-11(2)10-12(13)15/h7-8,10,16H,3-6,9,15H2,1-2H3. The molecule has 0 unspecified atom stereocenters. The first-order valence-electron chi connectivity index (χ1n) is 6.39. The summed E-state index contributed by atoms with van der Waals surface area (Å²) in [7, 11) is 0. The maximum Gasteiger partial charge on any atom is 0.305 e. The predicted octanol–water partition coefficient (Wildman–Crippen LogP) is 2.72. The van der Waals surface area contributed by atoms with Crippen LogP contribution < -0.4 is 11.1 Å². The first-order valence-corrected chi connectivity index (χ1v) is 6.39. The summed E-state index contributed by atoms with van der Waals surface area (Å²) in [5.74, 6) is -0.118. The summed E-state index contributed by atoms with van der Waals surface area (Å²) in [6.45, 7) is 5.10. The summed E-state index contributed by atoms with van der Waals surface area (Å²) >= 11 is 0. The summed E-state index contributed by atoms with van der Waals surface area (Å²) in [5.41, 5.74) is 8.76. The monoisotopic (exact) mass is 250 g/mol. The molecule has 4 heteroatoms. The molecule has 0 fully saturated rings. The molecule has 3 N–H and O–H groups in total. The smallest absolute Gasteiger partial charge is 0.305 e. The van der Waals surface area contributed by atoms with Gasteiger partial charge in [-0.25, -0.2) is 0 Å². The van der Waals surface area contributed by atoms with Gasteiger partial charge in [-0.3, -0.25) is 4.79 Å². The number of esters is 1. The van der Waals surface area contributed by atoms with Gasteiger partial charge in [0.2, 0.25) is 0 Å². The first-order chi connectivity index (χ1) is 8.63. The second-order valence-electron chi connectivity index (χ2n) is 4.28. The van der Waals surface area contributed by atoms with Gasteiger partial charge in [0.15, 0.2) is 0 Å². The fourth-order valence-corrected chi connectivity index (χ4v) is 1.69. The molecule has 0 atom stereocenters. The molecule has 1 aromatic carbocycles. The Labute approximate surface area is 109 Å². The molecule has 0 bridgehead atoms. The molecule has 100 valence electrons. The highest BCUT2D eigenvalue weighted by atomic mass is 16.5. The average molecular weight is 250 g/mol. The van der Waals surface area contributed by atoms with Crippen LogP contribution in [-0.4, -0.2) is 19.1 Å². The third-order valence-corrected chi connectivity index (χ3v) is 2.64.